The Kier molecular flexibility index (Phi) is 5.80. The highest BCUT2D eigenvalue weighted by molar-refractivity contribution is 6.35. The van der Waals surface area contributed by atoms with Crippen molar-refractivity contribution in [3.05, 3.63) is 68.1 Å². The third-order valence-electron chi connectivity index (χ3n) is 3.45. The maximum Gasteiger partial charge on any atom is 0.421 e. The molecule has 4 nitrogen and oxygen atoms in total. The van der Waals surface area contributed by atoms with Gasteiger partial charge in [-0.15, -0.1) is 0 Å². The first-order chi connectivity index (χ1) is 11.6. The van der Waals surface area contributed by atoms with Gasteiger partial charge in [-0.2, -0.15) is 13.2 Å². The molecule has 0 aliphatic carbocycles. The van der Waals surface area contributed by atoms with Gasteiger partial charge in [0.25, 0.3) is 5.56 Å². The Morgan fingerprint density at radius 2 is 1.96 bits per heavy atom. The van der Waals surface area contributed by atoms with Crippen molar-refractivity contribution in [2.75, 3.05) is 0 Å². The number of rotatable bonds is 4. The highest BCUT2D eigenvalue weighted by Crippen LogP contribution is 2.27. The van der Waals surface area contributed by atoms with Gasteiger partial charge in [-0.3, -0.25) is 9.59 Å². The monoisotopic (exact) mass is 392 g/mol. The summed E-state index contributed by atoms with van der Waals surface area (Å²) in [4.78, 5) is 23.9. The molecule has 1 unspecified atom stereocenters. The molecular formula is C16H13Cl2F3N2O2. The Hall–Kier alpha value is -1.99. The molecule has 1 heterocycles. The maximum atomic E-state index is 12.7. The Bertz CT molecular complexity index is 850. The third kappa shape index (κ3) is 4.76. The van der Waals surface area contributed by atoms with Crippen molar-refractivity contribution in [2.24, 2.45) is 0 Å². The number of nitrogens with zero attached hydrogens (tertiary/aromatic N) is 1. The summed E-state index contributed by atoms with van der Waals surface area (Å²) >= 11 is 11.9. The minimum Gasteiger partial charge on any atom is -0.348 e. The van der Waals surface area contributed by atoms with Crippen LogP contribution in [-0.2, 0) is 17.5 Å². The first-order valence-electron chi connectivity index (χ1n) is 7.10. The van der Waals surface area contributed by atoms with E-state index in [1.807, 2.05) is 0 Å². The lowest BCUT2D eigenvalue weighted by molar-refractivity contribution is -0.139. The summed E-state index contributed by atoms with van der Waals surface area (Å²) < 4.78 is 38.9. The second-order valence-corrected chi connectivity index (χ2v) is 6.15. The molecule has 1 atom stereocenters. The Morgan fingerprint density at radius 3 is 2.56 bits per heavy atom. The number of aromatic nitrogens is 1. The lowest BCUT2D eigenvalue weighted by atomic mass is 10.1. The number of carbonyl (C=O) groups is 1. The number of pyridine rings is 1. The second-order valence-electron chi connectivity index (χ2n) is 5.31. The van der Waals surface area contributed by atoms with Crippen LogP contribution in [0.25, 0.3) is 0 Å². The summed E-state index contributed by atoms with van der Waals surface area (Å²) in [5.74, 6) is -0.625. The van der Waals surface area contributed by atoms with E-state index in [2.05, 4.69) is 5.32 Å². The largest absolute Gasteiger partial charge is 0.421 e. The minimum absolute atomic E-state index is 0.344. The molecule has 25 heavy (non-hydrogen) atoms. The van der Waals surface area contributed by atoms with E-state index in [1.54, 1.807) is 19.1 Å². The van der Waals surface area contributed by atoms with E-state index in [9.17, 15) is 22.8 Å². The van der Waals surface area contributed by atoms with Crippen LogP contribution >= 0.6 is 23.2 Å². The fraction of sp³-hybridized carbons (Fsp3) is 0.250. The lowest BCUT2D eigenvalue weighted by Crippen LogP contribution is -2.35. The number of carbonyl (C=O) groups excluding carboxylic acids is 1. The predicted octanol–water partition coefficient (Wildman–Crippen LogP) is 4.05. The molecule has 0 aliphatic heterocycles. The maximum absolute atomic E-state index is 12.7. The average Bonchev–Trinajstić information content (AvgIpc) is 2.47. The van der Waals surface area contributed by atoms with Gasteiger partial charge >= 0.3 is 6.18 Å². The second kappa shape index (κ2) is 7.49. The van der Waals surface area contributed by atoms with Crippen molar-refractivity contribution in [2.45, 2.75) is 25.7 Å². The SMILES string of the molecule is CC(NC(=O)Cn1cccc(C(F)(F)F)c1=O)c1ccc(Cl)cc1Cl. The summed E-state index contributed by atoms with van der Waals surface area (Å²) in [6.45, 7) is 1.11. The van der Waals surface area contributed by atoms with Gasteiger partial charge in [0.1, 0.15) is 12.1 Å². The van der Waals surface area contributed by atoms with Gasteiger partial charge in [-0.1, -0.05) is 29.3 Å². The van der Waals surface area contributed by atoms with Gasteiger partial charge in [0.05, 0.1) is 6.04 Å². The molecule has 134 valence electrons. The summed E-state index contributed by atoms with van der Waals surface area (Å²) in [6.07, 6.45) is -3.65. The van der Waals surface area contributed by atoms with Gasteiger partial charge in [-0.25, -0.2) is 0 Å². The highest BCUT2D eigenvalue weighted by atomic mass is 35.5. The number of amides is 1. The molecule has 2 aromatic rings. The Labute approximate surface area is 151 Å². The molecule has 0 saturated carbocycles. The van der Waals surface area contributed by atoms with E-state index >= 15 is 0 Å². The van der Waals surface area contributed by atoms with Gasteiger partial charge in [0.2, 0.25) is 5.91 Å². The molecular weight excluding hydrogens is 380 g/mol. The molecule has 1 aromatic carbocycles. The molecule has 2 rings (SSSR count). The van der Waals surface area contributed by atoms with E-state index in [1.165, 1.54) is 6.07 Å². The fourth-order valence-corrected chi connectivity index (χ4v) is 2.82. The van der Waals surface area contributed by atoms with Crippen molar-refractivity contribution in [1.29, 1.82) is 0 Å². The molecule has 0 spiro atoms. The molecule has 0 bridgehead atoms. The van der Waals surface area contributed by atoms with Crippen molar-refractivity contribution >= 4 is 29.1 Å². The van der Waals surface area contributed by atoms with Crippen LogP contribution in [0.1, 0.15) is 24.1 Å². The molecule has 1 amide bonds. The summed E-state index contributed by atoms with van der Waals surface area (Å²) in [6, 6.07) is 5.97. The quantitative estimate of drug-likeness (QED) is 0.852. The first-order valence-corrected chi connectivity index (χ1v) is 7.86. The molecule has 9 heteroatoms. The average molecular weight is 393 g/mol. The van der Waals surface area contributed by atoms with Crippen LogP contribution in [0.2, 0.25) is 10.0 Å². The van der Waals surface area contributed by atoms with Crippen molar-refractivity contribution in [1.82, 2.24) is 9.88 Å². The van der Waals surface area contributed by atoms with Crippen LogP contribution in [0.3, 0.4) is 0 Å². The third-order valence-corrected chi connectivity index (χ3v) is 4.01. The zero-order valence-corrected chi connectivity index (χ0v) is 14.4. The first kappa shape index (κ1) is 19.3. The standard InChI is InChI=1S/C16H13Cl2F3N2O2/c1-9(11-5-4-10(17)7-13(11)18)22-14(24)8-23-6-2-3-12(15(23)25)16(19,20)21/h2-7,9H,8H2,1H3,(H,22,24). The fourth-order valence-electron chi connectivity index (χ4n) is 2.25. The summed E-state index contributed by atoms with van der Waals surface area (Å²) in [5.41, 5.74) is -2.00. The summed E-state index contributed by atoms with van der Waals surface area (Å²) in [7, 11) is 0. The van der Waals surface area contributed by atoms with Crippen LogP contribution in [0.4, 0.5) is 13.2 Å². The van der Waals surface area contributed by atoms with Crippen LogP contribution in [0.5, 0.6) is 0 Å². The number of halogens is 5. The van der Waals surface area contributed by atoms with Gasteiger partial charge in [-0.05, 0) is 36.8 Å². The predicted molar refractivity (Wildman–Crippen MR) is 88.7 cm³/mol. The Balaban J connectivity index is 2.14. The number of hydrogen-bond donors (Lipinski definition) is 1. The minimum atomic E-state index is -4.78. The topological polar surface area (TPSA) is 51.1 Å². The van der Waals surface area contributed by atoms with Crippen molar-refractivity contribution in [3.8, 4) is 0 Å². The zero-order chi connectivity index (χ0) is 18.8. The smallest absolute Gasteiger partial charge is 0.348 e. The van der Waals surface area contributed by atoms with Crippen LogP contribution < -0.4 is 10.9 Å². The van der Waals surface area contributed by atoms with Gasteiger partial charge in [0.15, 0.2) is 0 Å². The van der Waals surface area contributed by atoms with Crippen molar-refractivity contribution < 1.29 is 18.0 Å². The molecule has 1 aromatic heterocycles. The van der Waals surface area contributed by atoms with Crippen LogP contribution in [0.15, 0.2) is 41.3 Å². The van der Waals surface area contributed by atoms with Gasteiger partial charge < -0.3 is 9.88 Å². The molecule has 0 saturated heterocycles. The number of alkyl halides is 3. The molecule has 0 aliphatic rings. The highest BCUT2D eigenvalue weighted by Gasteiger charge is 2.34. The van der Waals surface area contributed by atoms with Crippen molar-refractivity contribution in [3.63, 3.8) is 0 Å². The number of hydrogen-bond acceptors (Lipinski definition) is 2. The number of nitrogens with one attached hydrogen (secondary N) is 1. The molecule has 0 fully saturated rings. The summed E-state index contributed by atoms with van der Waals surface area (Å²) in [5, 5.41) is 3.36. The lowest BCUT2D eigenvalue weighted by Gasteiger charge is -2.17. The van der Waals surface area contributed by atoms with E-state index in [0.717, 1.165) is 12.3 Å². The van der Waals surface area contributed by atoms with Crippen LogP contribution in [-0.4, -0.2) is 10.5 Å². The van der Waals surface area contributed by atoms with E-state index < -0.39 is 35.8 Å². The molecule has 0 radical (unpaired) electrons. The van der Waals surface area contributed by atoms with E-state index in [4.69, 9.17) is 23.2 Å². The Morgan fingerprint density at radius 1 is 1.28 bits per heavy atom. The molecule has 1 N–H and O–H groups in total. The van der Waals surface area contributed by atoms with Crippen LogP contribution in [0, 0.1) is 0 Å². The van der Waals surface area contributed by atoms with Gasteiger partial charge in [0, 0.05) is 16.2 Å². The van der Waals surface area contributed by atoms with E-state index in [-0.39, 0.29) is 0 Å². The number of benzene rings is 1. The normalized spacial score (nSPS) is 12.7. The zero-order valence-electron chi connectivity index (χ0n) is 12.9. The van der Waals surface area contributed by atoms with E-state index in [0.29, 0.717) is 26.2 Å².